The number of rotatable bonds is 19. The van der Waals surface area contributed by atoms with E-state index in [0.29, 0.717) is 41.4 Å². The van der Waals surface area contributed by atoms with Crippen molar-refractivity contribution in [3.8, 4) is 17.2 Å². The fourth-order valence-corrected chi connectivity index (χ4v) is 9.30. The minimum Gasteiger partial charge on any atom is -0.459 e. The number of ether oxygens (including phenoxy) is 3. The molecule has 2 fully saturated rings. The summed E-state index contributed by atoms with van der Waals surface area (Å²) in [6.45, 7) is 4.54. The summed E-state index contributed by atoms with van der Waals surface area (Å²) >= 11 is 0. The molecule has 4 aliphatic rings. The van der Waals surface area contributed by atoms with Crippen LogP contribution in [0, 0.1) is 29.5 Å². The molecule has 11 heteroatoms. The lowest BCUT2D eigenvalue weighted by Crippen LogP contribution is -2.70. The van der Waals surface area contributed by atoms with Crippen LogP contribution in [0.1, 0.15) is 85.2 Å². The summed E-state index contributed by atoms with van der Waals surface area (Å²) < 4.78 is 34.9. The van der Waals surface area contributed by atoms with Crippen LogP contribution >= 0.6 is 0 Å². The van der Waals surface area contributed by atoms with Crippen molar-refractivity contribution in [1.29, 1.82) is 0 Å². The molecule has 2 N–H and O–H groups in total. The Labute approximate surface area is 334 Å². The van der Waals surface area contributed by atoms with Gasteiger partial charge in [-0.2, -0.15) is 0 Å². The smallest absolute Gasteiger partial charge is 0.239 e. The molecule has 3 aliphatic carbocycles. The van der Waals surface area contributed by atoms with E-state index in [4.69, 9.17) is 19.0 Å². The average molecular weight is 781 g/mol. The van der Waals surface area contributed by atoms with Gasteiger partial charge in [-0.3, -0.25) is 9.59 Å². The number of allylic oxidation sites excluding steroid dienone is 1. The van der Waals surface area contributed by atoms with Crippen LogP contribution in [-0.4, -0.2) is 71.8 Å². The molecule has 0 spiro atoms. The fraction of sp³-hybridized carbons (Fsp3) is 0.457. The number of carbonyl (C=O) groups excluding carboxylic acids is 2. The first-order valence-corrected chi connectivity index (χ1v) is 20.2. The van der Waals surface area contributed by atoms with Crippen LogP contribution in [-0.2, 0) is 20.9 Å². The minimum absolute atomic E-state index is 0.0143. The summed E-state index contributed by atoms with van der Waals surface area (Å²) in [6, 6.07) is 18.3. The first kappa shape index (κ1) is 40.4. The average Bonchev–Trinajstić information content (AvgIpc) is 4.08. The molecule has 0 unspecified atom stereocenters. The standard InChI is InChI=1S/C46H53FN2O8/c1-3-23-55-46-42(49(45(53)32-15-16-32)28-30-13-17-34(47)18-14-30)27-40(48-54-2)38-25-33(10-4-6-21-50)37(12-5-7-22-51)43(44(38)46)39-26-36(19-20-41(39)57-46)56-35-11-8-9-31(24-35)29-52/h3,8-9,11,13-14,17-20,24-26,29,32-33,37,42-44,50-51H,1,4-7,10,12,15-16,21-23,27-28H2,2H3/t33-,37+,42-,43+,44+,46+/m0/s1. The van der Waals surface area contributed by atoms with E-state index in [1.54, 1.807) is 42.5 Å². The van der Waals surface area contributed by atoms with E-state index in [-0.39, 0.29) is 68.2 Å². The third-order valence-electron chi connectivity index (χ3n) is 11.9. The second kappa shape index (κ2) is 18.2. The van der Waals surface area contributed by atoms with Crippen molar-refractivity contribution in [2.45, 2.75) is 82.1 Å². The normalized spacial score (nSPS) is 25.4. The number of amides is 1. The highest BCUT2D eigenvalue weighted by Gasteiger charge is 2.66. The molecule has 10 nitrogen and oxygen atoms in total. The number of oxime groups is 1. The molecule has 57 heavy (non-hydrogen) atoms. The number of halogens is 1. The molecule has 1 amide bonds. The Hall–Kier alpha value is -4.84. The van der Waals surface area contributed by atoms with E-state index < -0.39 is 17.7 Å². The van der Waals surface area contributed by atoms with E-state index in [1.807, 2.05) is 23.1 Å². The minimum atomic E-state index is -1.40. The number of carbonyl (C=O) groups is 2. The van der Waals surface area contributed by atoms with Crippen molar-refractivity contribution in [3.05, 3.63) is 114 Å². The van der Waals surface area contributed by atoms with Crippen LogP contribution in [0.4, 0.5) is 4.39 Å². The molecule has 6 atom stereocenters. The Balaban J connectivity index is 1.43. The molecule has 7 rings (SSSR count). The van der Waals surface area contributed by atoms with Gasteiger partial charge in [0.2, 0.25) is 11.7 Å². The topological polar surface area (TPSA) is 127 Å². The van der Waals surface area contributed by atoms with E-state index in [1.165, 1.54) is 19.2 Å². The van der Waals surface area contributed by atoms with Crippen molar-refractivity contribution in [2.24, 2.45) is 28.8 Å². The fourth-order valence-electron chi connectivity index (χ4n) is 9.30. The van der Waals surface area contributed by atoms with Crippen LogP contribution in [0.25, 0.3) is 0 Å². The van der Waals surface area contributed by atoms with Gasteiger partial charge in [-0.05, 0) is 104 Å². The summed E-state index contributed by atoms with van der Waals surface area (Å²) in [5.74, 6) is -0.796. The summed E-state index contributed by atoms with van der Waals surface area (Å²) in [5.41, 5.74) is 3.84. The summed E-state index contributed by atoms with van der Waals surface area (Å²) in [6.07, 6.45) is 11.2. The molecule has 0 radical (unpaired) electrons. The van der Waals surface area contributed by atoms with Gasteiger partial charge in [-0.15, -0.1) is 6.58 Å². The van der Waals surface area contributed by atoms with Crippen LogP contribution < -0.4 is 9.47 Å². The Morgan fingerprint density at radius 2 is 1.77 bits per heavy atom. The Bertz CT molecular complexity index is 1960. The van der Waals surface area contributed by atoms with E-state index in [0.717, 1.165) is 61.5 Å². The number of nitrogens with zero attached hydrogens (tertiary/aromatic N) is 2. The lowest BCUT2D eigenvalue weighted by Gasteiger charge is -2.60. The summed E-state index contributed by atoms with van der Waals surface area (Å²) in [4.78, 5) is 33.6. The zero-order valence-electron chi connectivity index (χ0n) is 32.6. The van der Waals surface area contributed by atoms with Crippen LogP contribution in [0.5, 0.6) is 17.2 Å². The zero-order chi connectivity index (χ0) is 39.9. The lowest BCUT2D eigenvalue weighted by molar-refractivity contribution is -0.258. The van der Waals surface area contributed by atoms with Crippen molar-refractivity contribution in [1.82, 2.24) is 4.90 Å². The molecule has 3 aromatic rings. The van der Waals surface area contributed by atoms with Crippen LogP contribution in [0.15, 0.2) is 96.2 Å². The van der Waals surface area contributed by atoms with Gasteiger partial charge >= 0.3 is 0 Å². The summed E-state index contributed by atoms with van der Waals surface area (Å²) in [7, 11) is 1.52. The number of aliphatic hydroxyl groups is 2. The highest BCUT2D eigenvalue weighted by Crippen LogP contribution is 2.62. The predicted molar refractivity (Wildman–Crippen MR) is 214 cm³/mol. The first-order valence-electron chi connectivity index (χ1n) is 20.2. The monoisotopic (exact) mass is 780 g/mol. The van der Waals surface area contributed by atoms with Gasteiger partial charge in [0.1, 0.15) is 42.5 Å². The number of benzene rings is 3. The van der Waals surface area contributed by atoms with Gasteiger partial charge < -0.3 is 34.2 Å². The van der Waals surface area contributed by atoms with Gasteiger partial charge in [-0.1, -0.05) is 54.4 Å². The third kappa shape index (κ3) is 8.56. The zero-order valence-corrected chi connectivity index (χ0v) is 32.6. The van der Waals surface area contributed by atoms with Crippen LogP contribution in [0.3, 0.4) is 0 Å². The molecule has 1 aliphatic heterocycles. The Kier molecular flexibility index (Phi) is 12.9. The molecular weight excluding hydrogens is 728 g/mol. The van der Waals surface area contributed by atoms with Crippen molar-refractivity contribution in [2.75, 3.05) is 26.9 Å². The van der Waals surface area contributed by atoms with Gasteiger partial charge in [0.15, 0.2) is 0 Å². The van der Waals surface area contributed by atoms with Gasteiger partial charge in [0, 0.05) is 49.1 Å². The quantitative estimate of drug-likeness (QED) is 0.0541. The summed E-state index contributed by atoms with van der Waals surface area (Å²) in [5, 5.41) is 24.4. The number of unbranched alkanes of at least 4 members (excludes halogenated alkanes) is 2. The van der Waals surface area contributed by atoms with E-state index in [9.17, 15) is 24.2 Å². The van der Waals surface area contributed by atoms with Gasteiger partial charge in [0.25, 0.3) is 0 Å². The molecular formula is C46H53FN2O8. The number of hydrogen-bond acceptors (Lipinski definition) is 9. The molecule has 0 aromatic heterocycles. The Morgan fingerprint density at radius 1 is 1.02 bits per heavy atom. The van der Waals surface area contributed by atoms with Gasteiger partial charge in [0.05, 0.1) is 18.2 Å². The maximum absolute atomic E-state index is 14.6. The molecule has 2 saturated carbocycles. The molecule has 0 bridgehead atoms. The van der Waals surface area contributed by atoms with Crippen molar-refractivity contribution in [3.63, 3.8) is 0 Å². The van der Waals surface area contributed by atoms with Crippen molar-refractivity contribution >= 4 is 17.9 Å². The van der Waals surface area contributed by atoms with Gasteiger partial charge in [-0.25, -0.2) is 4.39 Å². The SMILES string of the molecule is C=CCO[C@@]12Oc3ccc(Oc4cccc(C=O)c4)cc3[C@H]3[C@H](CCCCO)[C@@H](CCCCO)C=C(C(=NOC)C[C@@H]1N(Cc1ccc(F)cc1)C(=O)C1CC1)[C@H]32. The number of hydrogen-bond donors (Lipinski definition) is 2. The maximum Gasteiger partial charge on any atom is 0.239 e. The molecule has 302 valence electrons. The highest BCUT2D eigenvalue weighted by atomic mass is 19.1. The predicted octanol–water partition coefficient (Wildman–Crippen LogP) is 8.13. The largest absolute Gasteiger partial charge is 0.459 e. The number of aldehydes is 1. The third-order valence-corrected chi connectivity index (χ3v) is 11.9. The Morgan fingerprint density at radius 3 is 2.47 bits per heavy atom. The van der Waals surface area contributed by atoms with E-state index >= 15 is 0 Å². The maximum atomic E-state index is 14.6. The molecule has 0 saturated heterocycles. The highest BCUT2D eigenvalue weighted by molar-refractivity contribution is 6.03. The second-order valence-corrected chi connectivity index (χ2v) is 15.6. The number of fused-ring (bicyclic) bond motifs is 2. The van der Waals surface area contributed by atoms with E-state index in [2.05, 4.69) is 17.8 Å². The molecule has 3 aromatic carbocycles. The van der Waals surface area contributed by atoms with Crippen molar-refractivity contribution < 1.29 is 43.2 Å². The number of aliphatic hydroxyl groups excluding tert-OH is 2. The second-order valence-electron chi connectivity index (χ2n) is 15.6. The molecule has 1 heterocycles. The first-order chi connectivity index (χ1) is 27.8. The van der Waals surface area contributed by atoms with Crippen LogP contribution in [0.2, 0.25) is 0 Å². The lowest BCUT2D eigenvalue weighted by atomic mass is 9.55.